The first-order valence-electron chi connectivity index (χ1n) is 8.90. The van der Waals surface area contributed by atoms with Crippen molar-refractivity contribution < 1.29 is 14.6 Å². The van der Waals surface area contributed by atoms with Crippen molar-refractivity contribution in [3.8, 4) is 5.75 Å². The van der Waals surface area contributed by atoms with Crippen molar-refractivity contribution >= 4 is 5.91 Å². The quantitative estimate of drug-likeness (QED) is 0.923. The van der Waals surface area contributed by atoms with E-state index in [4.69, 9.17) is 4.74 Å². The number of nitrogens with zero attached hydrogens (tertiary/aromatic N) is 2. The number of rotatable bonds is 3. The third-order valence-electron chi connectivity index (χ3n) is 5.35. The Labute approximate surface area is 144 Å². The van der Waals surface area contributed by atoms with Crippen molar-refractivity contribution in [3.05, 3.63) is 29.8 Å². The molecule has 2 aliphatic rings. The molecule has 132 valence electrons. The lowest BCUT2D eigenvalue weighted by Gasteiger charge is -2.38. The first kappa shape index (κ1) is 17.2. The standard InChI is InChI=1S/C19H28N2O3/c1-20(2)16-7-3-6-15(11-16)19(23)21-9-10-24-18(13-21)14-5-4-8-17(22)12-14/h4-5,8,12,15-16,18,22H,3,6-7,9-11,13H2,1-2H3/t15-,16+,18+/m0/s1. The second kappa shape index (κ2) is 7.53. The Bertz CT molecular complexity index is 575. The summed E-state index contributed by atoms with van der Waals surface area (Å²) in [5, 5.41) is 9.66. The predicted molar refractivity (Wildman–Crippen MR) is 92.8 cm³/mol. The lowest BCUT2D eigenvalue weighted by atomic mass is 9.84. The van der Waals surface area contributed by atoms with Crippen LogP contribution in [0.2, 0.25) is 0 Å². The molecule has 3 atom stereocenters. The van der Waals surface area contributed by atoms with Crippen LogP contribution in [0.1, 0.15) is 37.4 Å². The Kier molecular flexibility index (Phi) is 5.41. The van der Waals surface area contributed by atoms with Crippen LogP contribution in [-0.4, -0.2) is 60.6 Å². The summed E-state index contributed by atoms with van der Waals surface area (Å²) in [5.74, 6) is 0.643. The number of amides is 1. The van der Waals surface area contributed by atoms with E-state index < -0.39 is 0 Å². The molecule has 1 aliphatic heterocycles. The van der Waals surface area contributed by atoms with Gasteiger partial charge < -0.3 is 19.6 Å². The number of morpholine rings is 1. The van der Waals surface area contributed by atoms with Crippen molar-refractivity contribution in [2.24, 2.45) is 5.92 Å². The lowest BCUT2D eigenvalue weighted by molar-refractivity contribution is -0.145. The molecule has 0 spiro atoms. The third kappa shape index (κ3) is 3.90. The van der Waals surface area contributed by atoms with E-state index in [1.165, 1.54) is 6.42 Å². The molecule has 1 aromatic carbocycles. The van der Waals surface area contributed by atoms with E-state index in [1.54, 1.807) is 12.1 Å². The Morgan fingerprint density at radius 1 is 1.33 bits per heavy atom. The number of hydrogen-bond acceptors (Lipinski definition) is 4. The Morgan fingerprint density at radius 2 is 2.17 bits per heavy atom. The van der Waals surface area contributed by atoms with Gasteiger partial charge in [-0.05, 0) is 51.1 Å². The molecule has 3 rings (SSSR count). The van der Waals surface area contributed by atoms with Gasteiger partial charge in [0, 0.05) is 18.5 Å². The van der Waals surface area contributed by atoms with E-state index in [2.05, 4.69) is 19.0 Å². The fraction of sp³-hybridized carbons (Fsp3) is 0.632. The van der Waals surface area contributed by atoms with Gasteiger partial charge in [0.05, 0.1) is 13.2 Å². The monoisotopic (exact) mass is 332 g/mol. The molecule has 1 aromatic rings. The topological polar surface area (TPSA) is 53.0 Å². The van der Waals surface area contributed by atoms with Crippen LogP contribution in [-0.2, 0) is 9.53 Å². The highest BCUT2D eigenvalue weighted by Crippen LogP contribution is 2.31. The van der Waals surface area contributed by atoms with Gasteiger partial charge in [0.2, 0.25) is 5.91 Å². The maximum absolute atomic E-state index is 13.0. The van der Waals surface area contributed by atoms with E-state index >= 15 is 0 Å². The minimum atomic E-state index is -0.150. The molecule has 5 nitrogen and oxygen atoms in total. The summed E-state index contributed by atoms with van der Waals surface area (Å²) in [7, 11) is 4.20. The van der Waals surface area contributed by atoms with Gasteiger partial charge >= 0.3 is 0 Å². The van der Waals surface area contributed by atoms with Crippen LogP contribution in [0, 0.1) is 5.92 Å². The minimum Gasteiger partial charge on any atom is -0.508 e. The summed E-state index contributed by atoms with van der Waals surface area (Å²) in [6.07, 6.45) is 4.12. The van der Waals surface area contributed by atoms with Crippen LogP contribution in [0.3, 0.4) is 0 Å². The van der Waals surface area contributed by atoms with E-state index in [0.717, 1.165) is 24.8 Å². The van der Waals surface area contributed by atoms with Crippen molar-refractivity contribution in [3.63, 3.8) is 0 Å². The highest BCUT2D eigenvalue weighted by Gasteiger charge is 2.33. The summed E-state index contributed by atoms with van der Waals surface area (Å²) in [5.41, 5.74) is 0.933. The smallest absolute Gasteiger partial charge is 0.225 e. The van der Waals surface area contributed by atoms with Crippen LogP contribution >= 0.6 is 0 Å². The summed E-state index contributed by atoms with van der Waals surface area (Å²) in [6.45, 7) is 1.79. The molecule has 0 unspecified atom stereocenters. The van der Waals surface area contributed by atoms with Gasteiger partial charge in [0.25, 0.3) is 0 Å². The molecule has 24 heavy (non-hydrogen) atoms. The average Bonchev–Trinajstić information content (AvgIpc) is 2.61. The minimum absolute atomic E-state index is 0.133. The highest BCUT2D eigenvalue weighted by atomic mass is 16.5. The van der Waals surface area contributed by atoms with Crippen molar-refractivity contribution in [2.45, 2.75) is 37.8 Å². The van der Waals surface area contributed by atoms with Crippen LogP contribution < -0.4 is 0 Å². The fourth-order valence-corrected chi connectivity index (χ4v) is 3.89. The summed E-state index contributed by atoms with van der Waals surface area (Å²) in [6, 6.07) is 7.65. The van der Waals surface area contributed by atoms with Crippen molar-refractivity contribution in [1.82, 2.24) is 9.80 Å². The van der Waals surface area contributed by atoms with Gasteiger partial charge in [0.1, 0.15) is 11.9 Å². The second-order valence-electron chi connectivity index (χ2n) is 7.22. The Morgan fingerprint density at radius 3 is 2.92 bits per heavy atom. The van der Waals surface area contributed by atoms with Crippen LogP contribution in [0.15, 0.2) is 24.3 Å². The van der Waals surface area contributed by atoms with Crippen LogP contribution in [0.5, 0.6) is 5.75 Å². The predicted octanol–water partition coefficient (Wildman–Crippen LogP) is 2.41. The molecule has 2 fully saturated rings. The molecular formula is C19H28N2O3. The summed E-state index contributed by atoms with van der Waals surface area (Å²) in [4.78, 5) is 17.2. The zero-order valence-electron chi connectivity index (χ0n) is 14.6. The maximum atomic E-state index is 13.0. The molecule has 5 heteroatoms. The molecule has 0 radical (unpaired) electrons. The second-order valence-corrected chi connectivity index (χ2v) is 7.22. The summed E-state index contributed by atoms with van der Waals surface area (Å²) >= 11 is 0. The third-order valence-corrected chi connectivity index (χ3v) is 5.35. The van der Waals surface area contributed by atoms with Gasteiger partial charge in [-0.15, -0.1) is 0 Å². The number of aromatic hydroxyl groups is 1. The largest absolute Gasteiger partial charge is 0.508 e. The maximum Gasteiger partial charge on any atom is 0.225 e. The number of hydrogen-bond donors (Lipinski definition) is 1. The van der Waals surface area contributed by atoms with Gasteiger partial charge in [-0.25, -0.2) is 0 Å². The first-order valence-corrected chi connectivity index (χ1v) is 8.90. The normalized spacial score (nSPS) is 28.1. The van der Waals surface area contributed by atoms with Crippen molar-refractivity contribution in [2.75, 3.05) is 33.8 Å². The SMILES string of the molecule is CN(C)[C@@H]1CCC[C@H](C(=O)N2CCO[C@@H](c3cccc(O)c3)C2)C1. The van der Waals surface area contributed by atoms with Crippen LogP contribution in [0.25, 0.3) is 0 Å². The van der Waals surface area contributed by atoms with E-state index in [1.807, 2.05) is 17.0 Å². The molecule has 1 amide bonds. The number of phenols is 1. The van der Waals surface area contributed by atoms with Gasteiger partial charge in [-0.3, -0.25) is 4.79 Å². The van der Waals surface area contributed by atoms with Crippen LogP contribution in [0.4, 0.5) is 0 Å². The molecule has 1 heterocycles. The van der Waals surface area contributed by atoms with Gasteiger partial charge in [-0.1, -0.05) is 18.6 Å². The Balaban J connectivity index is 1.64. The molecular weight excluding hydrogens is 304 g/mol. The van der Waals surface area contributed by atoms with Crippen molar-refractivity contribution in [1.29, 1.82) is 0 Å². The zero-order valence-corrected chi connectivity index (χ0v) is 14.6. The van der Waals surface area contributed by atoms with Gasteiger partial charge in [-0.2, -0.15) is 0 Å². The highest BCUT2D eigenvalue weighted by molar-refractivity contribution is 5.79. The van der Waals surface area contributed by atoms with E-state index in [9.17, 15) is 9.90 Å². The molecule has 0 aromatic heterocycles. The fourth-order valence-electron chi connectivity index (χ4n) is 3.89. The summed E-state index contributed by atoms with van der Waals surface area (Å²) < 4.78 is 5.83. The molecule has 1 N–H and O–H groups in total. The molecule has 1 saturated heterocycles. The number of ether oxygens (including phenoxy) is 1. The lowest BCUT2D eigenvalue weighted by Crippen LogP contribution is -2.47. The average molecular weight is 332 g/mol. The number of benzene rings is 1. The van der Waals surface area contributed by atoms with Gasteiger partial charge in [0.15, 0.2) is 0 Å². The molecule has 1 aliphatic carbocycles. The number of carbonyl (C=O) groups excluding carboxylic acids is 1. The Hall–Kier alpha value is -1.59. The zero-order chi connectivity index (χ0) is 17.1. The first-order chi connectivity index (χ1) is 11.5. The van der Waals surface area contributed by atoms with E-state index in [-0.39, 0.29) is 23.7 Å². The molecule has 1 saturated carbocycles. The number of carbonyl (C=O) groups is 1. The van der Waals surface area contributed by atoms with E-state index in [0.29, 0.717) is 25.7 Å². The molecule has 0 bridgehead atoms. The number of phenolic OH excluding ortho intramolecular Hbond substituents is 1.